The maximum atomic E-state index is 12.5. The van der Waals surface area contributed by atoms with E-state index in [1.54, 1.807) is 24.3 Å². The zero-order valence-corrected chi connectivity index (χ0v) is 28.3. The first-order valence-corrected chi connectivity index (χ1v) is 13.1. The summed E-state index contributed by atoms with van der Waals surface area (Å²) in [6.45, 7) is 15.6. The van der Waals surface area contributed by atoms with Crippen molar-refractivity contribution in [2.75, 3.05) is 0 Å². The number of allylic oxidation sites excluding steroid dienone is 5. The first-order valence-electron chi connectivity index (χ1n) is 13.1. The van der Waals surface area contributed by atoms with E-state index in [1.165, 1.54) is 0 Å². The van der Waals surface area contributed by atoms with E-state index in [9.17, 15) is 5.11 Å². The Balaban J connectivity index is 0.00000323. The molecule has 0 radical (unpaired) electrons. The number of para-hydroxylation sites is 2. The topological polar surface area (TPSA) is 75.1 Å². The molecule has 0 saturated carbocycles. The normalized spacial score (nSPS) is 11.5. The molecule has 0 aliphatic carbocycles. The molecule has 2 aromatic heterocycles. The van der Waals surface area contributed by atoms with E-state index in [0.717, 1.165) is 33.9 Å². The molecule has 0 unspecified atom stereocenters. The van der Waals surface area contributed by atoms with Gasteiger partial charge in [0.05, 0.1) is 5.69 Å². The second kappa shape index (κ2) is 16.6. The van der Waals surface area contributed by atoms with Crippen molar-refractivity contribution < 1.29 is 14.4 Å². The van der Waals surface area contributed by atoms with Crippen LogP contribution in [-0.2, 0) is 7.05 Å². The van der Waals surface area contributed by atoms with Crippen LogP contribution in [0.4, 0.5) is 0 Å². The fourth-order valence-electron chi connectivity index (χ4n) is 4.50. The van der Waals surface area contributed by atoms with Gasteiger partial charge in [-0.05, 0) is 48.0 Å². The molecule has 212 valence electrons. The van der Waals surface area contributed by atoms with Crippen molar-refractivity contribution in [1.82, 2.24) is 4.98 Å². The first-order chi connectivity index (χ1) is 19.8. The van der Waals surface area contributed by atoms with Gasteiger partial charge in [-0.2, -0.15) is 4.57 Å². The summed E-state index contributed by atoms with van der Waals surface area (Å²) >= 11 is 0. The Morgan fingerprint density at radius 1 is 0.860 bits per heavy atom. The third-order valence-corrected chi connectivity index (χ3v) is 6.58. The van der Waals surface area contributed by atoms with Crippen LogP contribution < -0.4 is 20.1 Å². The quantitative estimate of drug-likeness (QED) is 0.0858. The summed E-state index contributed by atoms with van der Waals surface area (Å²) in [5.74, 6) is 0.596. The minimum Gasteiger partial charge on any atom is -0.872 e. The molecule has 43 heavy (non-hydrogen) atoms. The van der Waals surface area contributed by atoms with Crippen molar-refractivity contribution in [1.29, 1.82) is 0 Å². The molecule has 2 N–H and O–H groups in total. The van der Waals surface area contributed by atoms with Gasteiger partial charge in [-0.15, -0.1) is 0 Å². The number of nitrogens with zero attached hydrogens (tertiary/aromatic N) is 2. The van der Waals surface area contributed by atoms with Gasteiger partial charge >= 0.3 is 45.5 Å². The van der Waals surface area contributed by atoms with E-state index in [-0.39, 0.29) is 58.7 Å². The van der Waals surface area contributed by atoms with Gasteiger partial charge in [0.1, 0.15) is 24.6 Å². The Bertz CT molecular complexity index is 1690. The average molecular weight is 642 g/mol. The maximum absolute atomic E-state index is 12.5. The number of nitrogens with two attached hydrogens (primary N) is 1. The Morgan fingerprint density at radius 3 is 2.16 bits per heavy atom. The van der Waals surface area contributed by atoms with Gasteiger partial charge in [0.15, 0.2) is 0 Å². The summed E-state index contributed by atoms with van der Waals surface area (Å²) < 4.78 is 8.54. The summed E-state index contributed by atoms with van der Waals surface area (Å²) in [5.41, 5.74) is 12.2. The molecular formula is C37H36N3O2Sr+. The zero-order valence-electron chi connectivity index (χ0n) is 24.9. The molecule has 4 rings (SSSR count). The number of pyridine rings is 2. The SMILES string of the molecule is C=C/C=C/[C@H](Oc1ccccc1-c1cccc(-c2cccc(-c3ccccc3[O-])[n+]2C)n1)/C(=C/C=C)C(=C)C(=C)N.[CH3-].[Sr+2]. The molecule has 0 saturated heterocycles. The third kappa shape index (κ3) is 8.33. The van der Waals surface area contributed by atoms with Gasteiger partial charge in [-0.25, -0.2) is 4.98 Å². The van der Waals surface area contributed by atoms with Crippen LogP contribution in [0.1, 0.15) is 0 Å². The van der Waals surface area contributed by atoms with Crippen molar-refractivity contribution in [2.24, 2.45) is 12.8 Å². The van der Waals surface area contributed by atoms with E-state index >= 15 is 0 Å². The fourth-order valence-corrected chi connectivity index (χ4v) is 4.50. The van der Waals surface area contributed by atoms with Crippen LogP contribution >= 0.6 is 0 Å². The number of rotatable bonds is 11. The molecule has 0 aliphatic rings. The van der Waals surface area contributed by atoms with E-state index in [1.807, 2.05) is 103 Å². The standard InChI is InChI=1S/C36H33N3O2.CH3.Sr/c1-6-8-23-35(27(15-7-2)25(3)26(4)37)41-36-24-12-10-16-28(36)30-18-13-19-31(38-30)33-21-14-20-32(39(33)5)29-17-9-11-22-34(29)40;;/h6-24,35H,1-4,37H2,5H3;1H3;/q;-1;+2/b23-8+,27-15+;;/t35-;;/m0../s1. The zero-order chi connectivity index (χ0) is 29.4. The average Bonchev–Trinajstić information content (AvgIpc) is 2.98. The van der Waals surface area contributed by atoms with E-state index < -0.39 is 6.10 Å². The van der Waals surface area contributed by atoms with E-state index in [2.05, 4.69) is 26.3 Å². The van der Waals surface area contributed by atoms with Crippen molar-refractivity contribution in [2.45, 2.75) is 6.10 Å². The smallest absolute Gasteiger partial charge is 0.872 e. The molecule has 0 spiro atoms. The van der Waals surface area contributed by atoms with Crippen LogP contribution in [0.3, 0.4) is 0 Å². The number of hydrogen-bond acceptors (Lipinski definition) is 4. The summed E-state index contributed by atoms with van der Waals surface area (Å²) in [4.78, 5) is 5.01. The van der Waals surface area contributed by atoms with Gasteiger partial charge in [-0.1, -0.05) is 92.8 Å². The molecule has 0 amide bonds. The van der Waals surface area contributed by atoms with Crippen LogP contribution in [0.2, 0.25) is 0 Å². The predicted molar refractivity (Wildman–Crippen MR) is 178 cm³/mol. The summed E-state index contributed by atoms with van der Waals surface area (Å²) in [5, 5.41) is 12.5. The molecule has 0 aliphatic heterocycles. The second-order valence-corrected chi connectivity index (χ2v) is 9.28. The minimum absolute atomic E-state index is 0. The summed E-state index contributed by atoms with van der Waals surface area (Å²) in [6.07, 6.45) is 8.30. The Hall–Kier alpha value is -3.94. The molecule has 4 aromatic rings. The Morgan fingerprint density at radius 2 is 1.49 bits per heavy atom. The number of benzene rings is 2. The maximum Gasteiger partial charge on any atom is 2.00 e. The summed E-state index contributed by atoms with van der Waals surface area (Å²) in [6, 6.07) is 26.4. The van der Waals surface area contributed by atoms with Crippen LogP contribution in [0.25, 0.3) is 33.9 Å². The van der Waals surface area contributed by atoms with Gasteiger partial charge in [0.2, 0.25) is 11.4 Å². The van der Waals surface area contributed by atoms with Crippen molar-refractivity contribution in [3.8, 4) is 45.4 Å². The predicted octanol–water partition coefficient (Wildman–Crippen LogP) is 6.68. The van der Waals surface area contributed by atoms with Gasteiger partial charge in [0, 0.05) is 34.5 Å². The number of ether oxygens (including phenoxy) is 1. The van der Waals surface area contributed by atoms with Crippen LogP contribution in [0.15, 0.2) is 158 Å². The molecular weight excluding hydrogens is 606 g/mol. The minimum atomic E-state index is -0.537. The molecule has 2 aromatic carbocycles. The van der Waals surface area contributed by atoms with Crippen molar-refractivity contribution in [3.05, 3.63) is 166 Å². The van der Waals surface area contributed by atoms with Crippen LogP contribution in [0, 0.1) is 7.43 Å². The molecule has 0 bridgehead atoms. The Kier molecular flexibility index (Phi) is 13.6. The van der Waals surface area contributed by atoms with E-state index in [0.29, 0.717) is 22.6 Å². The number of aromatic nitrogens is 2. The molecule has 6 heteroatoms. The second-order valence-electron chi connectivity index (χ2n) is 9.28. The van der Waals surface area contributed by atoms with Crippen LogP contribution in [-0.4, -0.2) is 56.6 Å². The largest absolute Gasteiger partial charge is 2.00 e. The van der Waals surface area contributed by atoms with Crippen LogP contribution in [0.5, 0.6) is 11.5 Å². The van der Waals surface area contributed by atoms with Gasteiger partial charge < -0.3 is 23.0 Å². The molecule has 2 heterocycles. The summed E-state index contributed by atoms with van der Waals surface area (Å²) in [7, 11) is 1.94. The van der Waals surface area contributed by atoms with Crippen molar-refractivity contribution in [3.63, 3.8) is 0 Å². The monoisotopic (exact) mass is 642 g/mol. The van der Waals surface area contributed by atoms with Gasteiger partial charge in [0.25, 0.3) is 0 Å². The third-order valence-electron chi connectivity index (χ3n) is 6.58. The van der Waals surface area contributed by atoms with E-state index in [4.69, 9.17) is 15.5 Å². The van der Waals surface area contributed by atoms with Gasteiger partial charge in [-0.3, -0.25) is 0 Å². The molecule has 1 atom stereocenters. The number of hydrogen-bond donors (Lipinski definition) is 1. The molecule has 0 fully saturated rings. The van der Waals surface area contributed by atoms with Crippen molar-refractivity contribution >= 4 is 45.5 Å². The molecule has 5 nitrogen and oxygen atoms in total. The fraction of sp³-hybridized carbons (Fsp3) is 0.0541. The first kappa shape index (κ1) is 35.3. The Labute approximate surface area is 292 Å².